The number of aromatic nitrogens is 3. The van der Waals surface area contributed by atoms with Crippen LogP contribution in [0.15, 0.2) is 48.7 Å². The maximum atomic E-state index is 12.1. The summed E-state index contributed by atoms with van der Waals surface area (Å²) < 4.78 is 1.64. The van der Waals surface area contributed by atoms with Crippen LogP contribution in [-0.2, 0) is 4.79 Å². The zero-order chi connectivity index (χ0) is 16.2. The number of ketones is 1. The summed E-state index contributed by atoms with van der Waals surface area (Å²) in [6, 6.07) is 9.34. The van der Waals surface area contributed by atoms with Crippen molar-refractivity contribution in [3.8, 4) is 11.8 Å². The van der Waals surface area contributed by atoms with Crippen LogP contribution in [0.5, 0.6) is 0 Å². The van der Waals surface area contributed by atoms with Crippen molar-refractivity contribution in [2.24, 2.45) is 5.41 Å². The predicted octanol–water partition coefficient (Wildman–Crippen LogP) is 2.70. The number of allylic oxidation sites excluding steroid dienone is 1. The second-order valence-electron chi connectivity index (χ2n) is 5.78. The number of nitriles is 1. The lowest BCUT2D eigenvalue weighted by Gasteiger charge is -2.15. The van der Waals surface area contributed by atoms with Crippen molar-refractivity contribution in [2.45, 2.75) is 20.8 Å². The van der Waals surface area contributed by atoms with Crippen LogP contribution >= 0.6 is 0 Å². The molecule has 0 amide bonds. The average molecular weight is 295 g/mol. The van der Waals surface area contributed by atoms with E-state index in [-0.39, 0.29) is 11.4 Å². The van der Waals surface area contributed by atoms with Gasteiger partial charge in [-0.2, -0.15) is 10.4 Å². The van der Waals surface area contributed by atoms with Crippen LogP contribution in [-0.4, -0.2) is 20.5 Å². The van der Waals surface area contributed by atoms with E-state index in [0.29, 0.717) is 0 Å². The Morgan fingerprint density at radius 2 is 2.00 bits per heavy atom. The molecule has 0 radical (unpaired) electrons. The molecular weight excluding hydrogens is 278 g/mol. The van der Waals surface area contributed by atoms with Gasteiger partial charge in [0.1, 0.15) is 24.3 Å². The normalized spacial score (nSPS) is 11.8. The van der Waals surface area contributed by atoms with Crippen molar-refractivity contribution < 1.29 is 4.79 Å². The highest BCUT2D eigenvalue weighted by atomic mass is 16.1. The number of rotatable bonds is 4. The summed E-state index contributed by atoms with van der Waals surface area (Å²) in [5.74, 6) is -0.193. The summed E-state index contributed by atoms with van der Waals surface area (Å²) in [5.41, 5.74) is 1.17. The largest absolute Gasteiger partial charge is 0.360 e. The molecule has 0 bridgehead atoms. The van der Waals surface area contributed by atoms with Crippen molar-refractivity contribution in [3.05, 3.63) is 48.7 Å². The summed E-state index contributed by atoms with van der Waals surface area (Å²) >= 11 is 0. The van der Waals surface area contributed by atoms with E-state index in [2.05, 4.69) is 15.4 Å². The molecule has 0 aliphatic rings. The number of carbonyl (C=O) groups is 1. The Morgan fingerprint density at radius 1 is 1.32 bits per heavy atom. The van der Waals surface area contributed by atoms with Crippen molar-refractivity contribution in [3.63, 3.8) is 0 Å². The summed E-state index contributed by atoms with van der Waals surface area (Å²) in [6.45, 7) is 5.36. The molecule has 112 valence electrons. The highest BCUT2D eigenvalue weighted by Crippen LogP contribution is 2.20. The Bertz CT molecular complexity index is 715. The van der Waals surface area contributed by atoms with Gasteiger partial charge in [-0.3, -0.25) is 4.79 Å². The van der Waals surface area contributed by atoms with Gasteiger partial charge in [0.15, 0.2) is 5.78 Å². The zero-order valence-electron chi connectivity index (χ0n) is 12.7. The van der Waals surface area contributed by atoms with E-state index in [1.165, 1.54) is 12.5 Å². The van der Waals surface area contributed by atoms with Gasteiger partial charge in [-0.15, -0.1) is 0 Å². The molecular formula is C16H17N5O. The van der Waals surface area contributed by atoms with E-state index in [1.807, 2.05) is 30.3 Å². The van der Waals surface area contributed by atoms with Gasteiger partial charge >= 0.3 is 0 Å². The van der Waals surface area contributed by atoms with Crippen LogP contribution in [0, 0.1) is 16.7 Å². The number of hydrogen-bond donors (Lipinski definition) is 1. The summed E-state index contributed by atoms with van der Waals surface area (Å²) in [6.07, 6.45) is 4.52. The first-order chi connectivity index (χ1) is 10.4. The third-order valence-corrected chi connectivity index (χ3v) is 2.98. The van der Waals surface area contributed by atoms with Crippen LogP contribution in [0.25, 0.3) is 5.69 Å². The molecule has 2 rings (SSSR count). The molecule has 0 fully saturated rings. The zero-order valence-corrected chi connectivity index (χ0v) is 12.7. The molecule has 6 nitrogen and oxygen atoms in total. The van der Waals surface area contributed by atoms with Crippen molar-refractivity contribution >= 4 is 11.5 Å². The van der Waals surface area contributed by atoms with E-state index in [1.54, 1.807) is 31.8 Å². The fourth-order valence-corrected chi connectivity index (χ4v) is 1.76. The smallest absolute Gasteiger partial charge is 0.180 e. The average Bonchev–Trinajstić information content (AvgIpc) is 3.01. The first-order valence-electron chi connectivity index (χ1n) is 6.78. The lowest BCUT2D eigenvalue weighted by molar-refractivity contribution is -0.122. The second kappa shape index (κ2) is 6.22. The molecule has 1 N–H and O–H groups in total. The van der Waals surface area contributed by atoms with Gasteiger partial charge in [-0.25, -0.2) is 9.67 Å². The first kappa shape index (κ1) is 15.4. The Labute approximate surface area is 129 Å². The maximum absolute atomic E-state index is 12.1. The van der Waals surface area contributed by atoms with E-state index in [0.717, 1.165) is 11.4 Å². The molecule has 0 saturated heterocycles. The lowest BCUT2D eigenvalue weighted by Crippen LogP contribution is -2.22. The molecule has 0 spiro atoms. The van der Waals surface area contributed by atoms with Gasteiger partial charge < -0.3 is 5.32 Å². The maximum Gasteiger partial charge on any atom is 0.180 e. The molecule has 0 aliphatic heterocycles. The quantitative estimate of drug-likeness (QED) is 0.692. The molecule has 1 heterocycles. The minimum Gasteiger partial charge on any atom is -0.360 e. The summed E-state index contributed by atoms with van der Waals surface area (Å²) in [4.78, 5) is 16.0. The summed E-state index contributed by atoms with van der Waals surface area (Å²) in [7, 11) is 0. The van der Waals surface area contributed by atoms with Crippen molar-refractivity contribution in [1.29, 1.82) is 5.26 Å². The molecule has 1 aromatic carbocycles. The van der Waals surface area contributed by atoms with Gasteiger partial charge in [-0.1, -0.05) is 20.8 Å². The monoisotopic (exact) mass is 295 g/mol. The third kappa shape index (κ3) is 3.58. The van der Waals surface area contributed by atoms with Crippen LogP contribution in [0.2, 0.25) is 0 Å². The Kier molecular flexibility index (Phi) is 4.37. The molecule has 6 heteroatoms. The summed E-state index contributed by atoms with van der Waals surface area (Å²) in [5, 5.41) is 16.1. The fourth-order valence-electron chi connectivity index (χ4n) is 1.76. The van der Waals surface area contributed by atoms with Gasteiger partial charge in [0, 0.05) is 17.3 Å². The van der Waals surface area contributed by atoms with Gasteiger partial charge in [0.05, 0.1) is 5.69 Å². The lowest BCUT2D eigenvalue weighted by atomic mass is 9.87. The minimum atomic E-state index is -0.583. The topological polar surface area (TPSA) is 83.6 Å². The number of nitrogens with one attached hydrogen (secondary N) is 1. The highest BCUT2D eigenvalue weighted by molar-refractivity contribution is 6.02. The van der Waals surface area contributed by atoms with Crippen LogP contribution in [0.4, 0.5) is 5.69 Å². The number of carbonyl (C=O) groups excluding carboxylic acids is 1. The first-order valence-corrected chi connectivity index (χ1v) is 6.78. The van der Waals surface area contributed by atoms with Crippen LogP contribution in [0.1, 0.15) is 20.8 Å². The molecule has 1 aromatic heterocycles. The number of nitrogens with zero attached hydrogens (tertiary/aromatic N) is 4. The Balaban J connectivity index is 2.12. The molecule has 22 heavy (non-hydrogen) atoms. The second-order valence-corrected chi connectivity index (χ2v) is 5.78. The number of benzene rings is 1. The van der Waals surface area contributed by atoms with Crippen LogP contribution in [0.3, 0.4) is 0 Å². The van der Waals surface area contributed by atoms with E-state index < -0.39 is 5.41 Å². The fraction of sp³-hybridized carbons (Fsp3) is 0.250. The van der Waals surface area contributed by atoms with E-state index >= 15 is 0 Å². The number of anilines is 1. The Morgan fingerprint density at radius 3 is 2.50 bits per heavy atom. The van der Waals surface area contributed by atoms with E-state index in [4.69, 9.17) is 5.26 Å². The van der Waals surface area contributed by atoms with Crippen molar-refractivity contribution in [2.75, 3.05) is 5.32 Å². The molecule has 0 saturated carbocycles. The SMILES string of the molecule is CC(C)(C)C(=O)C(C#N)=CNc1ccc(-n2cncn2)cc1. The molecule has 0 unspecified atom stereocenters. The van der Waals surface area contributed by atoms with Crippen molar-refractivity contribution in [1.82, 2.24) is 14.8 Å². The molecule has 2 aromatic rings. The highest BCUT2D eigenvalue weighted by Gasteiger charge is 2.24. The van der Waals surface area contributed by atoms with Gasteiger partial charge in [0.25, 0.3) is 0 Å². The molecule has 0 aliphatic carbocycles. The number of hydrogen-bond acceptors (Lipinski definition) is 5. The predicted molar refractivity (Wildman–Crippen MR) is 83.1 cm³/mol. The van der Waals surface area contributed by atoms with Gasteiger partial charge in [0.2, 0.25) is 0 Å². The number of Topliss-reactive ketones (excluding diaryl/α,β-unsaturated/α-hetero) is 1. The standard InChI is InChI=1S/C16H17N5O/c1-16(2,3)15(22)12(8-17)9-19-13-4-6-14(7-5-13)21-11-18-10-20-21/h4-7,9-11,19H,1-3H3. The van der Waals surface area contributed by atoms with E-state index in [9.17, 15) is 4.79 Å². The molecule has 0 atom stereocenters. The van der Waals surface area contributed by atoms with Gasteiger partial charge in [-0.05, 0) is 24.3 Å². The Hall–Kier alpha value is -2.94. The van der Waals surface area contributed by atoms with Crippen LogP contribution < -0.4 is 5.32 Å². The minimum absolute atomic E-state index is 0.104. The third-order valence-electron chi connectivity index (χ3n) is 2.98.